The highest BCUT2D eigenvalue weighted by Gasteiger charge is 2.61. The third-order valence-electron chi connectivity index (χ3n) is 7.50. The van der Waals surface area contributed by atoms with E-state index in [1.54, 1.807) is 5.32 Å². The second kappa shape index (κ2) is 10.6. The molecule has 3 N–H and O–H groups in total. The molecule has 4 fully saturated rings. The number of hydrogen-bond acceptors (Lipinski definition) is 5. The molecule has 1 aliphatic carbocycles. The molecule has 0 radical (unpaired) electrons. The second-order valence-corrected chi connectivity index (χ2v) is 11.3. The molecule has 38 heavy (non-hydrogen) atoms. The highest BCUT2D eigenvalue weighted by Crippen LogP contribution is 2.49. The van der Waals surface area contributed by atoms with E-state index in [1.807, 2.05) is 6.07 Å². The van der Waals surface area contributed by atoms with Crippen LogP contribution in [0.4, 0.5) is 22.0 Å². The van der Waals surface area contributed by atoms with Crippen LogP contribution >= 0.6 is 0 Å². The van der Waals surface area contributed by atoms with Crippen molar-refractivity contribution in [3.63, 3.8) is 0 Å². The summed E-state index contributed by atoms with van der Waals surface area (Å²) in [5, 5.41) is 16.3. The first-order valence-electron chi connectivity index (χ1n) is 12.5. The Hall–Kier alpha value is -2.98. The van der Waals surface area contributed by atoms with Crippen LogP contribution in [0.25, 0.3) is 0 Å². The molecule has 212 valence electrons. The van der Waals surface area contributed by atoms with E-state index in [4.69, 9.17) is 0 Å². The minimum absolute atomic E-state index is 0.0640. The van der Waals surface area contributed by atoms with Crippen molar-refractivity contribution in [2.75, 3.05) is 6.54 Å². The number of amides is 4. The molecule has 0 aromatic rings. The average Bonchev–Trinajstić information content (AvgIpc) is 2.80. The van der Waals surface area contributed by atoms with Crippen LogP contribution in [0, 0.1) is 28.6 Å². The highest BCUT2D eigenvalue weighted by atomic mass is 19.4. The average molecular weight is 550 g/mol. The Kier molecular flexibility index (Phi) is 8.29. The van der Waals surface area contributed by atoms with Crippen LogP contribution in [0.15, 0.2) is 0 Å². The number of alkyl halides is 5. The van der Waals surface area contributed by atoms with Gasteiger partial charge < -0.3 is 20.9 Å². The van der Waals surface area contributed by atoms with Crippen molar-refractivity contribution in [2.45, 2.75) is 95.6 Å². The predicted octanol–water partition coefficient (Wildman–Crippen LogP) is 2.02. The van der Waals surface area contributed by atoms with E-state index >= 15 is 0 Å². The summed E-state index contributed by atoms with van der Waals surface area (Å²) in [4.78, 5) is 51.7. The molecule has 0 aromatic carbocycles. The van der Waals surface area contributed by atoms with Crippen LogP contribution in [-0.2, 0) is 19.2 Å². The fourth-order valence-corrected chi connectivity index (χ4v) is 5.58. The van der Waals surface area contributed by atoms with Crippen molar-refractivity contribution in [3.05, 3.63) is 0 Å². The Bertz CT molecular complexity index is 1010. The van der Waals surface area contributed by atoms with Crippen molar-refractivity contribution in [2.24, 2.45) is 17.3 Å². The molecule has 0 unspecified atom stereocenters. The van der Waals surface area contributed by atoms with Gasteiger partial charge in [-0.2, -0.15) is 18.4 Å². The number of nitrogens with one attached hydrogen (secondary N) is 3. The lowest BCUT2D eigenvalue weighted by molar-refractivity contribution is -0.197. The van der Waals surface area contributed by atoms with E-state index in [9.17, 15) is 46.4 Å². The molecule has 0 spiro atoms. The van der Waals surface area contributed by atoms with E-state index < -0.39 is 77.7 Å². The molecule has 4 amide bonds. The van der Waals surface area contributed by atoms with Gasteiger partial charge in [-0.05, 0) is 37.5 Å². The molecule has 3 saturated heterocycles. The van der Waals surface area contributed by atoms with Gasteiger partial charge in [-0.25, -0.2) is 8.78 Å². The SMILES string of the molecule is CC(C)(C)[C@H](NC(=O)C(F)(F)F)C(=O)N1[C@@H]2CC[C@H]([C@H]1C(=O)N[C@H](C#N)C[C@H]1CCCNC1=O)C(F)(F)C2. The maximum Gasteiger partial charge on any atom is 0.471 e. The zero-order valence-electron chi connectivity index (χ0n) is 21.3. The summed E-state index contributed by atoms with van der Waals surface area (Å²) < 4.78 is 68.9. The molecule has 3 aliphatic heterocycles. The van der Waals surface area contributed by atoms with Crippen LogP contribution in [0.5, 0.6) is 0 Å². The second-order valence-electron chi connectivity index (χ2n) is 11.3. The first-order chi connectivity index (χ1) is 17.5. The number of nitrogens with zero attached hydrogens (tertiary/aromatic N) is 2. The van der Waals surface area contributed by atoms with Gasteiger partial charge in [0.05, 0.1) is 12.0 Å². The molecule has 1 saturated carbocycles. The van der Waals surface area contributed by atoms with Gasteiger partial charge in [-0.15, -0.1) is 0 Å². The van der Waals surface area contributed by atoms with Crippen molar-refractivity contribution in [3.8, 4) is 6.07 Å². The first-order valence-corrected chi connectivity index (χ1v) is 12.5. The topological polar surface area (TPSA) is 131 Å². The Morgan fingerprint density at radius 3 is 2.34 bits per heavy atom. The summed E-state index contributed by atoms with van der Waals surface area (Å²) in [5.41, 5.74) is -1.26. The zero-order chi connectivity index (χ0) is 28.6. The van der Waals surface area contributed by atoms with Crippen molar-refractivity contribution >= 4 is 23.6 Å². The number of hydrogen-bond donors (Lipinski definition) is 3. The Labute approximate surface area is 216 Å². The summed E-state index contributed by atoms with van der Waals surface area (Å²) in [6.07, 6.45) is -5.00. The highest BCUT2D eigenvalue weighted by molar-refractivity contribution is 5.94. The summed E-state index contributed by atoms with van der Waals surface area (Å²) in [5.74, 6) is -10.3. The number of piperidine rings is 3. The monoisotopic (exact) mass is 549 g/mol. The van der Waals surface area contributed by atoms with Crippen LogP contribution in [0.2, 0.25) is 0 Å². The summed E-state index contributed by atoms with van der Waals surface area (Å²) in [6.45, 7) is 4.69. The summed E-state index contributed by atoms with van der Waals surface area (Å²) in [7, 11) is 0. The van der Waals surface area contributed by atoms with E-state index in [0.717, 1.165) is 4.90 Å². The van der Waals surface area contributed by atoms with Crippen molar-refractivity contribution < 1.29 is 41.1 Å². The third kappa shape index (κ3) is 6.18. The molecular weight excluding hydrogens is 517 g/mol. The van der Waals surface area contributed by atoms with Gasteiger partial charge in [0.2, 0.25) is 17.7 Å². The predicted molar refractivity (Wildman–Crippen MR) is 122 cm³/mol. The molecular formula is C24H32F5N5O4. The molecule has 2 bridgehead atoms. The lowest BCUT2D eigenvalue weighted by atomic mass is 9.70. The molecule has 9 nitrogen and oxygen atoms in total. The van der Waals surface area contributed by atoms with Gasteiger partial charge in [0.1, 0.15) is 18.1 Å². The van der Waals surface area contributed by atoms with Gasteiger partial charge >= 0.3 is 12.1 Å². The number of carbonyl (C=O) groups is 4. The van der Waals surface area contributed by atoms with Crippen molar-refractivity contribution in [1.82, 2.24) is 20.9 Å². The lowest BCUT2D eigenvalue weighted by Crippen LogP contribution is -2.71. The molecule has 6 atom stereocenters. The Balaban J connectivity index is 1.90. The number of carbonyl (C=O) groups excluding carboxylic acids is 4. The third-order valence-corrected chi connectivity index (χ3v) is 7.50. The first kappa shape index (κ1) is 29.6. The fourth-order valence-electron chi connectivity index (χ4n) is 5.58. The summed E-state index contributed by atoms with van der Waals surface area (Å²) >= 11 is 0. The quantitative estimate of drug-likeness (QED) is 0.437. The zero-order valence-corrected chi connectivity index (χ0v) is 21.3. The van der Waals surface area contributed by atoms with Gasteiger partial charge in [-0.1, -0.05) is 20.8 Å². The number of nitriles is 1. The van der Waals surface area contributed by atoms with Crippen molar-refractivity contribution in [1.29, 1.82) is 5.26 Å². The number of rotatable bonds is 6. The largest absolute Gasteiger partial charge is 0.471 e. The van der Waals surface area contributed by atoms with E-state index in [2.05, 4.69) is 10.6 Å². The maximum atomic E-state index is 14.9. The van der Waals surface area contributed by atoms with E-state index in [0.29, 0.717) is 19.4 Å². The smallest absolute Gasteiger partial charge is 0.356 e. The van der Waals surface area contributed by atoms with E-state index in [-0.39, 0.29) is 25.2 Å². The molecule has 4 rings (SSSR count). The van der Waals surface area contributed by atoms with Gasteiger partial charge in [0.25, 0.3) is 5.92 Å². The standard InChI is InChI=1S/C24H32F5N5O4/c1-22(2,3)17(33-21(38)24(27,28)29)20(37)34-14-6-7-15(23(25,26)10-14)16(34)19(36)32-13(11-30)9-12-5-4-8-31-18(12)35/h12-17H,4-10H2,1-3H3,(H,31,35)(H,32,36)(H,33,38)/t12-,13+,14-,15-,16+,17-/m1/s1. The van der Waals surface area contributed by atoms with Crippen LogP contribution < -0.4 is 16.0 Å². The van der Waals surface area contributed by atoms with Gasteiger partial charge in [0.15, 0.2) is 0 Å². The van der Waals surface area contributed by atoms with E-state index in [1.165, 1.54) is 20.8 Å². The molecule has 14 heteroatoms. The van der Waals surface area contributed by atoms with Crippen LogP contribution in [-0.4, -0.2) is 71.3 Å². The molecule has 0 aromatic heterocycles. The molecule has 3 heterocycles. The minimum atomic E-state index is -5.29. The number of halogens is 5. The minimum Gasteiger partial charge on any atom is -0.356 e. The Morgan fingerprint density at radius 1 is 1.16 bits per heavy atom. The van der Waals surface area contributed by atoms with Gasteiger partial charge in [-0.3, -0.25) is 19.2 Å². The Morgan fingerprint density at radius 2 is 1.82 bits per heavy atom. The maximum absolute atomic E-state index is 14.9. The van der Waals surface area contributed by atoms with Gasteiger partial charge in [0, 0.05) is 24.9 Å². The van der Waals surface area contributed by atoms with Crippen LogP contribution in [0.1, 0.15) is 59.3 Å². The molecule has 4 aliphatic rings. The number of fused-ring (bicyclic) bond motifs is 3. The fraction of sp³-hybridized carbons (Fsp3) is 0.792. The lowest BCUT2D eigenvalue weighted by Gasteiger charge is -2.55. The summed E-state index contributed by atoms with van der Waals surface area (Å²) in [6, 6.07) is -4.06. The normalized spacial score (nSPS) is 28.5. The van der Waals surface area contributed by atoms with Crippen LogP contribution in [0.3, 0.4) is 0 Å².